The van der Waals surface area contributed by atoms with Crippen LogP contribution in [0.4, 0.5) is 0 Å². The molecule has 2 aliphatic rings. The van der Waals surface area contributed by atoms with Crippen molar-refractivity contribution in [1.29, 1.82) is 0 Å². The van der Waals surface area contributed by atoms with Gasteiger partial charge >= 0.3 is 15.0 Å². The minimum atomic E-state index is -4.25. The molecule has 2 aromatic heterocycles. The molecule has 0 saturated carbocycles. The molecule has 0 radical (unpaired) electrons. The zero-order valence-electron chi connectivity index (χ0n) is 19.7. The molecular weight excluding hydrogens is 492 g/mol. The maximum Gasteiger partial charge on any atom is 0.323 e. The molecule has 2 amide bonds. The number of hydrogen-bond donors (Lipinski definition) is 1. The van der Waals surface area contributed by atoms with Crippen LogP contribution < -0.4 is 10.0 Å². The first kappa shape index (κ1) is 25.3. The van der Waals surface area contributed by atoms with Crippen LogP contribution in [0.3, 0.4) is 0 Å². The Morgan fingerprint density at radius 3 is 2.66 bits per heavy atom. The first-order valence-electron chi connectivity index (χ1n) is 11.3. The number of nitrogens with zero attached hydrogens (tertiary/aromatic N) is 3. The van der Waals surface area contributed by atoms with E-state index < -0.39 is 51.4 Å². The highest BCUT2D eigenvalue weighted by atomic mass is 32.2. The van der Waals surface area contributed by atoms with E-state index in [1.54, 1.807) is 16.8 Å². The Hall–Kier alpha value is -2.83. The highest BCUT2D eigenvalue weighted by Gasteiger charge is 2.55. The number of pyridine rings is 1. The van der Waals surface area contributed by atoms with Crippen molar-refractivity contribution in [2.45, 2.75) is 56.8 Å². The molecule has 2 aromatic rings. The lowest BCUT2D eigenvalue weighted by Crippen LogP contribution is -2.53. The highest BCUT2D eigenvalue weighted by molar-refractivity contribution is 7.89. The second-order valence-corrected chi connectivity index (χ2v) is 12.6. The number of hydrogen-bond acceptors (Lipinski definition) is 7. The molecule has 188 valence electrons. The number of ketones is 1. The second-order valence-electron chi connectivity index (χ2n) is 10.0. The van der Waals surface area contributed by atoms with Gasteiger partial charge in [-0.3, -0.25) is 14.4 Å². The molecule has 0 aliphatic carbocycles. The van der Waals surface area contributed by atoms with Gasteiger partial charge in [0.05, 0.1) is 18.2 Å². The lowest BCUT2D eigenvalue weighted by Gasteiger charge is -2.31. The molecule has 0 aromatic carbocycles. The van der Waals surface area contributed by atoms with E-state index >= 15 is 0 Å². The molecule has 1 N–H and O–H groups in total. The van der Waals surface area contributed by atoms with Gasteiger partial charge in [0.2, 0.25) is 5.91 Å². The summed E-state index contributed by atoms with van der Waals surface area (Å²) in [6.45, 7) is 5.60. The number of likely N-dealkylation sites (tertiary alicyclic amines) is 1. The zero-order chi connectivity index (χ0) is 25.5. The van der Waals surface area contributed by atoms with E-state index in [1.165, 1.54) is 34.4 Å². The molecule has 12 heteroatoms. The molecule has 2 saturated heterocycles. The van der Waals surface area contributed by atoms with Crippen molar-refractivity contribution in [2.24, 2.45) is 5.41 Å². The summed E-state index contributed by atoms with van der Waals surface area (Å²) in [5, 5.41) is 17.9. The fourth-order valence-corrected chi connectivity index (χ4v) is 7.01. The van der Waals surface area contributed by atoms with Crippen molar-refractivity contribution in [3.8, 4) is 0 Å². The van der Waals surface area contributed by atoms with Gasteiger partial charge in [0, 0.05) is 24.1 Å². The number of carbonyl (C=O) groups excluding carboxylic acids is 3. The van der Waals surface area contributed by atoms with Crippen molar-refractivity contribution >= 4 is 39.0 Å². The first-order valence-corrected chi connectivity index (χ1v) is 13.6. The Morgan fingerprint density at radius 2 is 2.03 bits per heavy atom. The third-order valence-electron chi connectivity index (χ3n) is 6.23. The fourth-order valence-electron chi connectivity index (χ4n) is 4.72. The van der Waals surface area contributed by atoms with E-state index in [9.17, 15) is 28.0 Å². The number of nitrogens with one attached hydrogen (secondary N) is 1. The van der Waals surface area contributed by atoms with Crippen LogP contribution in [0.25, 0.3) is 0 Å². The molecule has 4 heterocycles. The molecular formula is C23H28N4O6S2. The fraction of sp³-hybridized carbons (Fsp3) is 0.478. The predicted molar refractivity (Wildman–Crippen MR) is 128 cm³/mol. The predicted octanol–water partition coefficient (Wildman–Crippen LogP) is 1.16. The quantitative estimate of drug-likeness (QED) is 0.449. The number of sulfonamides is 1. The molecule has 2 aliphatic heterocycles. The van der Waals surface area contributed by atoms with Crippen molar-refractivity contribution in [2.75, 3.05) is 13.1 Å². The molecule has 0 bridgehead atoms. The number of aromatic nitrogens is 1. The summed E-state index contributed by atoms with van der Waals surface area (Å²) in [6, 6.07) is 3.11. The monoisotopic (exact) mass is 520 g/mol. The van der Waals surface area contributed by atoms with Gasteiger partial charge in [0.1, 0.15) is 12.1 Å². The lowest BCUT2D eigenvalue weighted by atomic mass is 9.87. The standard InChI is InChI=1S/C23H28N4O6S2/c1-23(2,3)12-16(24-21(29)15-8-11-34-14-15)22(30)25-10-7-17-20(25)18(28)13-27(17)35(32,33)19-6-4-5-9-26(19)31/h4-6,8-9,11,14,16-17,20H,7,10,12-13H2,1-3H3,(H,24,29). The minimum absolute atomic E-state index is 0.174. The largest absolute Gasteiger partial charge is 0.618 e. The number of carbonyl (C=O) groups is 3. The normalized spacial score (nSPS) is 21.7. The molecule has 35 heavy (non-hydrogen) atoms. The zero-order valence-corrected chi connectivity index (χ0v) is 21.3. The molecule has 2 fully saturated rings. The Morgan fingerprint density at radius 1 is 1.29 bits per heavy atom. The van der Waals surface area contributed by atoms with E-state index in [-0.39, 0.29) is 29.0 Å². The van der Waals surface area contributed by atoms with E-state index in [0.29, 0.717) is 12.0 Å². The first-order chi connectivity index (χ1) is 16.4. The topological polar surface area (TPSA) is 131 Å². The summed E-state index contributed by atoms with van der Waals surface area (Å²) in [5.74, 6) is -1.20. The van der Waals surface area contributed by atoms with Gasteiger partial charge in [0.15, 0.2) is 12.0 Å². The summed E-state index contributed by atoms with van der Waals surface area (Å²) in [5.41, 5.74) is 0.148. The average Bonchev–Trinajstić information content (AvgIpc) is 3.51. The maximum atomic E-state index is 13.6. The van der Waals surface area contributed by atoms with Gasteiger partial charge in [-0.1, -0.05) is 20.8 Å². The summed E-state index contributed by atoms with van der Waals surface area (Å²) in [6.07, 6.45) is 1.68. The number of rotatable bonds is 6. The third kappa shape index (κ3) is 4.95. The second kappa shape index (κ2) is 9.32. The Balaban J connectivity index is 1.58. The molecule has 0 spiro atoms. The summed E-state index contributed by atoms with van der Waals surface area (Å²) >= 11 is 1.37. The van der Waals surface area contributed by atoms with Gasteiger partial charge in [-0.2, -0.15) is 20.4 Å². The van der Waals surface area contributed by atoms with Crippen LogP contribution in [0.15, 0.2) is 46.2 Å². The average molecular weight is 521 g/mol. The van der Waals surface area contributed by atoms with Gasteiger partial charge in [-0.05, 0) is 35.8 Å². The Kier molecular flexibility index (Phi) is 6.73. The highest BCUT2D eigenvalue weighted by Crippen LogP contribution is 2.34. The van der Waals surface area contributed by atoms with Crippen molar-refractivity contribution in [1.82, 2.24) is 14.5 Å². The maximum absolute atomic E-state index is 13.6. The van der Waals surface area contributed by atoms with Crippen LogP contribution in [-0.2, 0) is 19.6 Å². The summed E-state index contributed by atoms with van der Waals surface area (Å²) in [4.78, 5) is 40.7. The molecule has 3 unspecified atom stereocenters. The van der Waals surface area contributed by atoms with Crippen LogP contribution in [0.5, 0.6) is 0 Å². The van der Waals surface area contributed by atoms with Crippen LogP contribution in [0.1, 0.15) is 44.0 Å². The van der Waals surface area contributed by atoms with Gasteiger partial charge in [0.25, 0.3) is 5.91 Å². The number of fused-ring (bicyclic) bond motifs is 1. The third-order valence-corrected chi connectivity index (χ3v) is 8.77. The summed E-state index contributed by atoms with van der Waals surface area (Å²) in [7, 11) is -4.25. The van der Waals surface area contributed by atoms with E-state index in [0.717, 1.165) is 10.5 Å². The number of thiophene rings is 1. The van der Waals surface area contributed by atoms with Gasteiger partial charge < -0.3 is 15.4 Å². The minimum Gasteiger partial charge on any atom is -0.618 e. The number of amides is 2. The molecule has 3 atom stereocenters. The van der Waals surface area contributed by atoms with Crippen LogP contribution in [-0.4, -0.2) is 66.4 Å². The van der Waals surface area contributed by atoms with Crippen LogP contribution in [0.2, 0.25) is 0 Å². The lowest BCUT2D eigenvalue weighted by molar-refractivity contribution is -0.646. The summed E-state index contributed by atoms with van der Waals surface area (Å²) < 4.78 is 27.7. The van der Waals surface area contributed by atoms with Crippen molar-refractivity contribution in [3.05, 3.63) is 52.0 Å². The Bertz CT molecular complexity index is 1240. The van der Waals surface area contributed by atoms with E-state index in [2.05, 4.69) is 5.32 Å². The van der Waals surface area contributed by atoms with Crippen LogP contribution >= 0.6 is 11.3 Å². The van der Waals surface area contributed by atoms with Gasteiger partial charge in [-0.25, -0.2) is 8.42 Å². The van der Waals surface area contributed by atoms with Crippen molar-refractivity contribution < 1.29 is 27.5 Å². The molecule has 4 rings (SSSR count). The van der Waals surface area contributed by atoms with Gasteiger partial charge in [-0.15, -0.1) is 0 Å². The Labute approximate surface area is 208 Å². The molecule has 10 nitrogen and oxygen atoms in total. The SMILES string of the molecule is CC(C)(C)CC(NC(=O)c1ccsc1)C(=O)N1CCC2C1C(=O)CN2S(=O)(=O)c1cccc[n+]1[O-]. The van der Waals surface area contributed by atoms with E-state index in [4.69, 9.17) is 0 Å². The van der Waals surface area contributed by atoms with Crippen molar-refractivity contribution in [3.63, 3.8) is 0 Å². The smallest absolute Gasteiger partial charge is 0.323 e. The number of Topliss-reactive ketones (excluding diaryl/α,β-unsaturated/α-hetero) is 1. The van der Waals surface area contributed by atoms with Crippen LogP contribution in [0, 0.1) is 10.6 Å². The van der Waals surface area contributed by atoms with E-state index in [1.807, 2.05) is 20.8 Å².